The Hall–Kier alpha value is -11.7. The molecule has 0 saturated heterocycles. The maximum atomic E-state index is 14.4. The molecule has 0 bridgehead atoms. The number of carbonyl (C=O) groups is 19. The number of para-hydroxylation sites is 1. The van der Waals surface area contributed by atoms with Crippen molar-refractivity contribution in [3.05, 3.63) is 108 Å². The van der Waals surface area contributed by atoms with E-state index in [9.17, 15) is 112 Å². The van der Waals surface area contributed by atoms with E-state index in [1.807, 2.05) is 18.2 Å². The number of primary amides is 2. The van der Waals surface area contributed by atoms with Crippen LogP contribution in [0, 0.1) is 29.6 Å². The molecule has 34 heteroatoms. The van der Waals surface area contributed by atoms with Crippen LogP contribution in [0.15, 0.2) is 91.1 Å². The normalized spacial score (nSPS) is 13.9. The number of benzene rings is 3. The van der Waals surface area contributed by atoms with Gasteiger partial charge in [0.2, 0.25) is 41.4 Å². The first-order valence-electron chi connectivity index (χ1n) is 36.2. The zero-order chi connectivity index (χ0) is 83.0. The lowest BCUT2D eigenvalue weighted by atomic mass is 9.87. The molecule has 0 saturated carbocycles. The number of carboxylic acid groups (broad SMARTS) is 6. The number of carboxylic acids is 6. The molecular weight excluding hydrogens is 1450 g/mol. The van der Waals surface area contributed by atoms with Gasteiger partial charge in [-0.15, -0.1) is 0 Å². The number of Topliss-reactive ketones (excluding diaryl/α,β-unsaturated/α-hetero) is 6. The maximum absolute atomic E-state index is 14.4. The lowest BCUT2D eigenvalue weighted by molar-refractivity contribution is -0.139. The summed E-state index contributed by atoms with van der Waals surface area (Å²) in [6.45, 7) is 4.10. The van der Waals surface area contributed by atoms with Crippen LogP contribution in [0.5, 0.6) is 0 Å². The number of nitrogens with one attached hydrogen (secondary N) is 6. The van der Waals surface area contributed by atoms with Crippen molar-refractivity contribution >= 4 is 123 Å². The molecule has 0 unspecified atom stereocenters. The van der Waals surface area contributed by atoms with Crippen LogP contribution in [0.4, 0.5) is 0 Å². The molecule has 111 heavy (non-hydrogen) atoms. The second-order valence-electron chi connectivity index (χ2n) is 27.5. The highest BCUT2D eigenvalue weighted by Crippen LogP contribution is 2.26. The Balaban J connectivity index is 0.000000650. The number of nitrogens with two attached hydrogens (primary N) is 3. The van der Waals surface area contributed by atoms with Crippen LogP contribution < -0.4 is 43.8 Å². The van der Waals surface area contributed by atoms with Gasteiger partial charge in [-0.2, -0.15) is 0 Å². The fourth-order valence-corrected chi connectivity index (χ4v) is 12.1. The monoisotopic (exact) mass is 1550 g/mol. The number of hydrogen-bond acceptors (Lipinski definition) is 20. The molecule has 0 aliphatic carbocycles. The predicted octanol–water partition coefficient (Wildman–Crippen LogP) is 3.16. The van der Waals surface area contributed by atoms with E-state index in [1.165, 1.54) is 13.8 Å². The molecule has 1 aromatic heterocycles. The summed E-state index contributed by atoms with van der Waals surface area (Å²) in [5.41, 5.74) is 19.2. The summed E-state index contributed by atoms with van der Waals surface area (Å²) in [7, 11) is 0. The van der Waals surface area contributed by atoms with Crippen LogP contribution in [0.3, 0.4) is 0 Å². The SMILES string of the molecule is CC(=O)C[C@@H](Cc1ccccc1)C(=O)N[C@@H](CCC(=O)O)C(=O)C[C@@H](CCC(N)=O)C(=O)N[C@@H](CCC(=O)O)C(C)=O.C[C@H](CCC(=O)O)NC(=O)[C@@H](CC(=O)[C@H](CCC(=O)O)NC(=O)[C@@H](CC(=O)[C@H](CCC(=O)O)NC(=O)[C@H](CCC(N)=O)CC(=O)[C@@H](N)CCC(=O)O)Cc1ccccc1)Cc1c[nH]c2ccccc12. The van der Waals surface area contributed by atoms with Gasteiger partial charge in [0.05, 0.1) is 30.2 Å². The van der Waals surface area contributed by atoms with Crippen LogP contribution >= 0.6 is 0 Å². The number of ketones is 6. The molecule has 4 aromatic rings. The van der Waals surface area contributed by atoms with Crippen molar-refractivity contribution in [1.29, 1.82) is 0 Å². The second-order valence-corrected chi connectivity index (χ2v) is 27.5. The quantitative estimate of drug-likeness (QED) is 0.0302. The van der Waals surface area contributed by atoms with Gasteiger partial charge in [-0.05, 0) is 114 Å². The van der Waals surface area contributed by atoms with E-state index >= 15 is 0 Å². The number of hydrogen-bond donors (Lipinski definition) is 15. The third-order valence-corrected chi connectivity index (χ3v) is 18.2. The number of amides is 7. The zero-order valence-electron chi connectivity index (χ0n) is 62.2. The number of aromatic amines is 1. The number of H-pyrrole nitrogens is 1. The highest BCUT2D eigenvalue weighted by atomic mass is 16.4. The number of aliphatic carboxylic acids is 6. The first-order chi connectivity index (χ1) is 52.3. The third kappa shape index (κ3) is 37.3. The molecular formula is C77H101N9O25. The summed E-state index contributed by atoms with van der Waals surface area (Å²) in [5, 5.41) is 69.1. The van der Waals surface area contributed by atoms with Gasteiger partial charge in [0, 0.05) is 136 Å². The molecule has 0 aliphatic rings. The van der Waals surface area contributed by atoms with Crippen LogP contribution in [0.2, 0.25) is 0 Å². The Morgan fingerprint density at radius 1 is 0.360 bits per heavy atom. The topological polar surface area (TPSA) is 600 Å². The van der Waals surface area contributed by atoms with E-state index in [-0.39, 0.29) is 89.3 Å². The third-order valence-electron chi connectivity index (χ3n) is 18.2. The average Bonchev–Trinajstić information content (AvgIpc) is 1.67. The number of carbonyl (C=O) groups excluding carboxylic acids is 13. The maximum Gasteiger partial charge on any atom is 0.303 e. The molecule has 0 fully saturated rings. The lowest BCUT2D eigenvalue weighted by Gasteiger charge is -2.26. The largest absolute Gasteiger partial charge is 0.481 e. The minimum Gasteiger partial charge on any atom is -0.481 e. The van der Waals surface area contributed by atoms with E-state index < -0.39 is 243 Å². The Kier molecular flexibility index (Phi) is 41.0. The van der Waals surface area contributed by atoms with E-state index in [0.717, 1.165) is 16.5 Å². The highest BCUT2D eigenvalue weighted by molar-refractivity contribution is 5.99. The highest BCUT2D eigenvalue weighted by Gasteiger charge is 2.37. The van der Waals surface area contributed by atoms with E-state index in [4.69, 9.17) is 27.4 Å². The summed E-state index contributed by atoms with van der Waals surface area (Å²) < 4.78 is 0. The zero-order valence-corrected chi connectivity index (χ0v) is 62.2. The van der Waals surface area contributed by atoms with Gasteiger partial charge in [0.15, 0.2) is 23.1 Å². The van der Waals surface area contributed by atoms with Gasteiger partial charge in [-0.1, -0.05) is 78.9 Å². The van der Waals surface area contributed by atoms with Gasteiger partial charge < -0.3 is 84.2 Å². The van der Waals surface area contributed by atoms with Crippen LogP contribution in [0.1, 0.15) is 172 Å². The van der Waals surface area contributed by atoms with Gasteiger partial charge in [0.1, 0.15) is 11.6 Å². The minimum absolute atomic E-state index is 0.0243. The molecule has 18 N–H and O–H groups in total. The first kappa shape index (κ1) is 93.5. The van der Waals surface area contributed by atoms with Crippen LogP contribution in [-0.2, 0) is 110 Å². The summed E-state index contributed by atoms with van der Waals surface area (Å²) in [6.07, 6.45) is -5.98. The summed E-state index contributed by atoms with van der Waals surface area (Å²) in [5.74, 6) is -22.1. The molecule has 0 spiro atoms. The smallest absolute Gasteiger partial charge is 0.303 e. The predicted molar refractivity (Wildman–Crippen MR) is 396 cm³/mol. The molecule has 11 atom stereocenters. The summed E-state index contributed by atoms with van der Waals surface area (Å²) in [4.78, 5) is 241. The molecule has 4 rings (SSSR count). The number of fused-ring (bicyclic) bond motifs is 1. The summed E-state index contributed by atoms with van der Waals surface area (Å²) in [6, 6.07) is 17.1. The Labute approximate surface area is 639 Å². The van der Waals surface area contributed by atoms with Crippen molar-refractivity contribution in [2.75, 3.05) is 0 Å². The molecule has 7 amide bonds. The molecule has 0 radical (unpaired) electrons. The fourth-order valence-electron chi connectivity index (χ4n) is 12.1. The lowest BCUT2D eigenvalue weighted by Crippen LogP contribution is -2.48. The van der Waals surface area contributed by atoms with E-state index in [2.05, 4.69) is 31.6 Å². The minimum atomic E-state index is -1.56. The fraction of sp³-hybridized carbons (Fsp3) is 0.494. The van der Waals surface area contributed by atoms with Crippen molar-refractivity contribution in [2.24, 2.45) is 46.8 Å². The second kappa shape index (κ2) is 48.6. The van der Waals surface area contributed by atoms with Crippen molar-refractivity contribution in [2.45, 2.75) is 211 Å². The molecule has 0 aliphatic heterocycles. The van der Waals surface area contributed by atoms with Gasteiger partial charge in [-0.3, -0.25) is 86.3 Å². The number of rotatable bonds is 55. The molecule has 604 valence electrons. The molecule has 34 nitrogen and oxygen atoms in total. The standard InChI is InChI=1S/C48H62N6O15.C29H39N3O10/c1-27(11-17-42(59)60)52-47(68)31(22-32-26-51-35-10-6-5-9-33(32)35)25-40(57)37(15-20-45(65)66)54-48(69)30(21-28-7-3-2-4-8-28)24-39(56)36(14-19-44(63)64)53-46(67)29(12-16-41(50)58)23-38(55)34(49)13-18-43(61)62;1-17(33)14-21(15-19-6-4-3-5-7-19)29(42)32-23(10-13-27(39)40)24(35)16-20(8-11-25(30)36)28(41)31-22(18(2)34)9-12-26(37)38/h2-10,26-27,29-31,34,36-37,51H,11-25,49H2,1H3,(H2,50,58)(H,52,68)(H,53,67)(H,54,69)(H,59,60)(H,61,62)(H,63,64)(H,65,66);3-7,20-23H,8-16H2,1-2H3,(H2,30,36)(H,31,41)(H,32,42)(H,37,38)(H,39,40)/t27-,29-,30-,31-,34+,36+,37+;20-,21+,22+,23+/m11/s1. The van der Waals surface area contributed by atoms with E-state index in [0.29, 0.717) is 11.1 Å². The van der Waals surface area contributed by atoms with Crippen LogP contribution in [-0.4, -0.2) is 184 Å². The van der Waals surface area contributed by atoms with Crippen molar-refractivity contribution < 1.29 is 122 Å². The van der Waals surface area contributed by atoms with Gasteiger partial charge in [0.25, 0.3) is 0 Å². The Morgan fingerprint density at radius 2 is 0.685 bits per heavy atom. The average molecular weight is 1550 g/mol. The van der Waals surface area contributed by atoms with E-state index in [1.54, 1.807) is 79.9 Å². The summed E-state index contributed by atoms with van der Waals surface area (Å²) >= 11 is 0. The van der Waals surface area contributed by atoms with Gasteiger partial charge >= 0.3 is 35.8 Å². The Bertz CT molecular complexity index is 3940. The Morgan fingerprint density at radius 3 is 1.08 bits per heavy atom. The van der Waals surface area contributed by atoms with Crippen molar-refractivity contribution in [3.8, 4) is 0 Å². The first-order valence-corrected chi connectivity index (χ1v) is 36.2. The number of aromatic nitrogens is 1. The van der Waals surface area contributed by atoms with Crippen molar-refractivity contribution in [1.82, 2.24) is 31.6 Å². The van der Waals surface area contributed by atoms with Crippen molar-refractivity contribution in [3.63, 3.8) is 0 Å². The molecule has 1 heterocycles. The molecule has 3 aromatic carbocycles. The van der Waals surface area contributed by atoms with Crippen LogP contribution in [0.25, 0.3) is 10.9 Å². The van der Waals surface area contributed by atoms with Gasteiger partial charge in [-0.25, -0.2) is 0 Å².